The molecule has 0 saturated heterocycles. The molecule has 0 amide bonds. The van der Waals surface area contributed by atoms with Crippen molar-refractivity contribution in [2.75, 3.05) is 17.6 Å². The lowest BCUT2D eigenvalue weighted by Gasteiger charge is -2.18. The van der Waals surface area contributed by atoms with Crippen LogP contribution in [0.25, 0.3) is 0 Å². The number of nitrogens with one attached hydrogen (secondary N) is 2. The molecular weight excluding hydrogens is 378 g/mol. The van der Waals surface area contributed by atoms with Crippen LogP contribution >= 0.6 is 12.2 Å². The topological polar surface area (TPSA) is 182 Å². The molecule has 8 N–H and O–H groups in total. The first-order chi connectivity index (χ1) is 12.5. The lowest BCUT2D eigenvalue weighted by atomic mass is 9.96. The van der Waals surface area contributed by atoms with Gasteiger partial charge in [-0.3, -0.25) is 9.59 Å². The van der Waals surface area contributed by atoms with Crippen LogP contribution in [0.4, 0.5) is 11.4 Å². The van der Waals surface area contributed by atoms with Crippen LogP contribution in [-0.2, 0) is 14.4 Å². The van der Waals surface area contributed by atoms with E-state index in [1.165, 1.54) is 0 Å². The fourth-order valence-corrected chi connectivity index (χ4v) is 1.82. The molecule has 0 aliphatic heterocycles. The first-order valence-corrected chi connectivity index (χ1v) is 7.81. The van der Waals surface area contributed by atoms with Crippen LogP contribution in [0.1, 0.15) is 12.8 Å². The maximum atomic E-state index is 10.3. The largest absolute Gasteiger partial charge is 0.481 e. The number of nitrogen functional groups attached to an aromatic ring is 1. The van der Waals surface area contributed by atoms with Gasteiger partial charge in [0.15, 0.2) is 10.7 Å². The number of thiocarbonyl (C=S) groups is 1. The van der Waals surface area contributed by atoms with Crippen molar-refractivity contribution in [2.24, 2.45) is 0 Å². The summed E-state index contributed by atoms with van der Waals surface area (Å²) in [5.74, 6) is -5.02. The highest BCUT2D eigenvalue weighted by molar-refractivity contribution is 7.80. The zero-order valence-corrected chi connectivity index (χ0v) is 15.0. The second-order valence-corrected chi connectivity index (χ2v) is 5.63. The monoisotopic (exact) mass is 399 g/mol. The summed E-state index contributed by atoms with van der Waals surface area (Å²) in [7, 11) is 0. The van der Waals surface area contributed by atoms with Crippen LogP contribution in [-0.4, -0.2) is 55.6 Å². The van der Waals surface area contributed by atoms with Crippen LogP contribution in [0.2, 0.25) is 0 Å². The molecule has 1 aromatic carbocycles. The number of aliphatic hydroxyl groups is 1. The molecule has 1 rings (SSSR count). The maximum absolute atomic E-state index is 10.3. The van der Waals surface area contributed by atoms with E-state index in [1.54, 1.807) is 6.08 Å². The van der Waals surface area contributed by atoms with Gasteiger partial charge in [-0.2, -0.15) is 0 Å². The fraction of sp³-hybridized carbons (Fsp3) is 0.250. The molecule has 0 aliphatic carbocycles. The number of anilines is 2. The van der Waals surface area contributed by atoms with E-state index in [2.05, 4.69) is 17.2 Å². The summed E-state index contributed by atoms with van der Waals surface area (Å²) in [6, 6.07) is 7.38. The van der Waals surface area contributed by atoms with Crippen molar-refractivity contribution >= 4 is 46.6 Å². The number of nitrogens with two attached hydrogens (primary N) is 1. The number of carbonyl (C=O) groups is 3. The number of benzene rings is 1. The molecule has 0 saturated carbocycles. The van der Waals surface area contributed by atoms with Gasteiger partial charge in [-0.15, -0.1) is 6.58 Å². The Morgan fingerprint density at radius 2 is 1.59 bits per heavy atom. The highest BCUT2D eigenvalue weighted by Crippen LogP contribution is 2.15. The van der Waals surface area contributed by atoms with Crippen molar-refractivity contribution in [3.8, 4) is 0 Å². The standard InChI is InChI=1S/C10H13N3S.C6H8O7/c1-2-7-12-10(14)13-9-5-3-8(11)4-6-9;7-3(8)1-6(13,5(11)12)2-4(9)10/h2-6H,1,7,11H2,(H2,12,13,14);13H,1-2H2,(H,7,8)(H,9,10)(H,11,12). The Labute approximate surface area is 160 Å². The Morgan fingerprint density at radius 1 is 1.11 bits per heavy atom. The smallest absolute Gasteiger partial charge is 0.336 e. The van der Waals surface area contributed by atoms with E-state index in [0.29, 0.717) is 11.7 Å². The summed E-state index contributed by atoms with van der Waals surface area (Å²) in [5, 5.41) is 40.4. The van der Waals surface area contributed by atoms with Crippen LogP contribution in [0.3, 0.4) is 0 Å². The molecule has 0 aliphatic rings. The van der Waals surface area contributed by atoms with Crippen LogP contribution < -0.4 is 16.4 Å². The molecule has 0 heterocycles. The maximum Gasteiger partial charge on any atom is 0.336 e. The van der Waals surface area contributed by atoms with Gasteiger partial charge in [0.25, 0.3) is 0 Å². The minimum Gasteiger partial charge on any atom is -0.481 e. The molecule has 0 atom stereocenters. The van der Waals surface area contributed by atoms with E-state index in [4.69, 9.17) is 38.4 Å². The van der Waals surface area contributed by atoms with E-state index in [9.17, 15) is 14.4 Å². The SMILES string of the molecule is C=CCNC(=S)Nc1ccc(N)cc1.O=C(O)CC(O)(CC(=O)O)C(=O)O. The molecule has 0 spiro atoms. The Balaban J connectivity index is 0.000000503. The molecule has 0 bridgehead atoms. The number of hydrogen-bond acceptors (Lipinski definition) is 6. The molecule has 1 aromatic rings. The quantitative estimate of drug-likeness (QED) is 0.183. The molecule has 0 unspecified atom stereocenters. The van der Waals surface area contributed by atoms with Gasteiger partial charge in [0.2, 0.25) is 0 Å². The molecule has 0 radical (unpaired) electrons. The third kappa shape index (κ3) is 10.4. The van der Waals surface area contributed by atoms with Crippen molar-refractivity contribution in [1.29, 1.82) is 0 Å². The zero-order valence-electron chi connectivity index (χ0n) is 14.2. The molecule has 0 aromatic heterocycles. The lowest BCUT2D eigenvalue weighted by Crippen LogP contribution is -2.42. The summed E-state index contributed by atoms with van der Waals surface area (Å²) in [6.45, 7) is 4.24. The Kier molecular flexibility index (Phi) is 10.1. The first-order valence-electron chi connectivity index (χ1n) is 7.41. The van der Waals surface area contributed by atoms with Crippen molar-refractivity contribution in [3.05, 3.63) is 36.9 Å². The Bertz CT molecular complexity index is 676. The molecule has 10 nitrogen and oxygen atoms in total. The minimum atomic E-state index is -2.74. The summed E-state index contributed by atoms with van der Waals surface area (Å²) in [4.78, 5) is 30.5. The average molecular weight is 399 g/mol. The van der Waals surface area contributed by atoms with E-state index < -0.39 is 36.4 Å². The zero-order chi connectivity index (χ0) is 21.0. The molecule has 11 heteroatoms. The van der Waals surface area contributed by atoms with Gasteiger partial charge < -0.3 is 36.8 Å². The normalized spacial score (nSPS) is 9.96. The van der Waals surface area contributed by atoms with E-state index in [1.807, 2.05) is 24.3 Å². The predicted molar refractivity (Wildman–Crippen MR) is 102 cm³/mol. The van der Waals surface area contributed by atoms with Gasteiger partial charge in [-0.25, -0.2) is 4.79 Å². The van der Waals surface area contributed by atoms with Crippen molar-refractivity contribution < 1.29 is 34.8 Å². The van der Waals surface area contributed by atoms with Gasteiger partial charge in [-0.05, 0) is 36.5 Å². The van der Waals surface area contributed by atoms with Crippen LogP contribution in [0.15, 0.2) is 36.9 Å². The summed E-state index contributed by atoms with van der Waals surface area (Å²) >= 11 is 5.03. The summed E-state index contributed by atoms with van der Waals surface area (Å²) in [5.41, 5.74) is 4.46. The minimum absolute atomic E-state index is 0.578. The molecular formula is C16H21N3O7S. The lowest BCUT2D eigenvalue weighted by molar-refractivity contribution is -0.170. The Morgan fingerprint density at radius 3 is 1.96 bits per heavy atom. The van der Waals surface area contributed by atoms with Crippen molar-refractivity contribution in [3.63, 3.8) is 0 Å². The summed E-state index contributed by atoms with van der Waals surface area (Å²) < 4.78 is 0. The van der Waals surface area contributed by atoms with Crippen LogP contribution in [0, 0.1) is 0 Å². The van der Waals surface area contributed by atoms with Crippen LogP contribution in [0.5, 0.6) is 0 Å². The highest BCUT2D eigenvalue weighted by atomic mass is 32.1. The highest BCUT2D eigenvalue weighted by Gasteiger charge is 2.40. The number of hydrogen-bond donors (Lipinski definition) is 7. The molecule has 0 fully saturated rings. The van der Waals surface area contributed by atoms with Gasteiger partial charge in [-0.1, -0.05) is 6.08 Å². The second-order valence-electron chi connectivity index (χ2n) is 5.22. The second kappa shape index (κ2) is 11.4. The van der Waals surface area contributed by atoms with Gasteiger partial charge in [0, 0.05) is 17.9 Å². The number of rotatable bonds is 8. The summed E-state index contributed by atoms with van der Waals surface area (Å²) in [6.07, 6.45) is -0.541. The van der Waals surface area contributed by atoms with Gasteiger partial charge in [0.1, 0.15) is 0 Å². The molecule has 148 valence electrons. The van der Waals surface area contributed by atoms with E-state index in [0.717, 1.165) is 11.4 Å². The Hall–Kier alpha value is -3.18. The van der Waals surface area contributed by atoms with Gasteiger partial charge in [0.05, 0.1) is 12.8 Å². The van der Waals surface area contributed by atoms with Crippen molar-refractivity contribution in [2.45, 2.75) is 18.4 Å². The number of aliphatic carboxylic acids is 3. The van der Waals surface area contributed by atoms with E-state index >= 15 is 0 Å². The van der Waals surface area contributed by atoms with Crippen molar-refractivity contribution in [1.82, 2.24) is 5.32 Å². The predicted octanol–water partition coefficient (Wildman–Crippen LogP) is 0.493. The first kappa shape index (κ1) is 23.8. The number of carboxylic acids is 3. The third-order valence-electron chi connectivity index (χ3n) is 2.86. The average Bonchev–Trinajstić information content (AvgIpc) is 2.54. The van der Waals surface area contributed by atoms with Gasteiger partial charge >= 0.3 is 17.9 Å². The third-order valence-corrected chi connectivity index (χ3v) is 3.11. The fourth-order valence-electron chi connectivity index (χ4n) is 1.62. The van der Waals surface area contributed by atoms with E-state index in [-0.39, 0.29) is 0 Å². The number of carboxylic acid groups (broad SMARTS) is 3. The molecule has 27 heavy (non-hydrogen) atoms.